The fourth-order valence-corrected chi connectivity index (χ4v) is 4.03. The highest BCUT2D eigenvalue weighted by Crippen LogP contribution is 2.50. The summed E-state index contributed by atoms with van der Waals surface area (Å²) in [4.78, 5) is 0. The Morgan fingerprint density at radius 2 is 1.56 bits per heavy atom. The molecule has 0 amide bonds. The maximum absolute atomic E-state index is 12.9. The zero-order valence-corrected chi connectivity index (χ0v) is 10.7. The van der Waals surface area contributed by atoms with Gasteiger partial charge in [-0.3, -0.25) is 0 Å². The monoisotopic (exact) mass is 261 g/mol. The van der Waals surface area contributed by atoms with Gasteiger partial charge in [0, 0.05) is 6.04 Å². The number of fused-ring (bicyclic) bond motifs is 1. The number of hydrogen-bond acceptors (Lipinski definition) is 1. The summed E-state index contributed by atoms with van der Waals surface area (Å²) >= 11 is 0. The van der Waals surface area contributed by atoms with Crippen LogP contribution in [0, 0.1) is 11.8 Å². The minimum absolute atomic E-state index is 0.105. The van der Waals surface area contributed by atoms with Crippen LogP contribution >= 0.6 is 0 Å². The molecule has 0 bridgehead atoms. The van der Waals surface area contributed by atoms with E-state index in [0.29, 0.717) is 5.92 Å². The number of alkyl halides is 3. The Labute approximate surface area is 107 Å². The molecular formula is C14H22F3N. The highest BCUT2D eigenvalue weighted by molar-refractivity contribution is 5.09. The Hall–Kier alpha value is -0.250. The van der Waals surface area contributed by atoms with Crippen LogP contribution < -0.4 is 5.32 Å². The number of halogens is 3. The van der Waals surface area contributed by atoms with E-state index in [1.54, 1.807) is 0 Å². The van der Waals surface area contributed by atoms with Gasteiger partial charge in [0.05, 0.1) is 0 Å². The topological polar surface area (TPSA) is 12.0 Å². The molecule has 3 atom stereocenters. The lowest BCUT2D eigenvalue weighted by atomic mass is 9.69. The molecule has 0 aromatic rings. The summed E-state index contributed by atoms with van der Waals surface area (Å²) in [5.41, 5.74) is -1.51. The van der Waals surface area contributed by atoms with Crippen molar-refractivity contribution in [2.45, 2.75) is 75.5 Å². The molecule has 0 aliphatic heterocycles. The molecule has 0 saturated heterocycles. The van der Waals surface area contributed by atoms with E-state index < -0.39 is 11.7 Å². The van der Waals surface area contributed by atoms with Gasteiger partial charge in [0.25, 0.3) is 0 Å². The van der Waals surface area contributed by atoms with Crippen molar-refractivity contribution in [3.63, 3.8) is 0 Å². The van der Waals surface area contributed by atoms with Gasteiger partial charge < -0.3 is 5.32 Å². The lowest BCUT2D eigenvalue weighted by Gasteiger charge is -2.41. The van der Waals surface area contributed by atoms with Crippen LogP contribution in [0.4, 0.5) is 13.2 Å². The standard InChI is InChI=1S/C14H22F3N/c15-14(16,17)13(7-8-13)18-12-6-5-10-3-1-2-4-11(10)9-12/h10-12,18H,1-9H2. The normalized spacial score (nSPS) is 39.2. The van der Waals surface area contributed by atoms with Gasteiger partial charge in [-0.1, -0.05) is 25.7 Å². The van der Waals surface area contributed by atoms with Crippen molar-refractivity contribution < 1.29 is 13.2 Å². The van der Waals surface area contributed by atoms with Crippen LogP contribution in [-0.4, -0.2) is 17.8 Å². The Bertz CT molecular complexity index is 309. The third-order valence-corrected chi connectivity index (χ3v) is 5.31. The van der Waals surface area contributed by atoms with Crippen molar-refractivity contribution >= 4 is 0 Å². The molecule has 104 valence electrons. The van der Waals surface area contributed by atoms with Gasteiger partial charge >= 0.3 is 6.18 Å². The number of nitrogens with one attached hydrogen (secondary N) is 1. The van der Waals surface area contributed by atoms with Gasteiger partial charge in [0.15, 0.2) is 0 Å². The predicted molar refractivity (Wildman–Crippen MR) is 64.2 cm³/mol. The van der Waals surface area contributed by atoms with Gasteiger partial charge in [-0.25, -0.2) is 0 Å². The van der Waals surface area contributed by atoms with Gasteiger partial charge in [-0.05, 0) is 43.9 Å². The molecule has 3 aliphatic rings. The smallest absolute Gasteiger partial charge is 0.301 e. The van der Waals surface area contributed by atoms with Crippen LogP contribution in [0.2, 0.25) is 0 Å². The van der Waals surface area contributed by atoms with E-state index >= 15 is 0 Å². The minimum atomic E-state index is -4.06. The van der Waals surface area contributed by atoms with E-state index in [0.717, 1.165) is 25.2 Å². The molecule has 0 heterocycles. The highest BCUT2D eigenvalue weighted by atomic mass is 19.4. The van der Waals surface area contributed by atoms with Crippen LogP contribution in [0.15, 0.2) is 0 Å². The summed E-state index contributed by atoms with van der Waals surface area (Å²) in [6.07, 6.45) is 4.70. The first-order chi connectivity index (χ1) is 8.50. The Kier molecular flexibility index (Phi) is 3.12. The summed E-state index contributed by atoms with van der Waals surface area (Å²) in [5.74, 6) is 1.49. The maximum Gasteiger partial charge on any atom is 0.406 e. The Balaban J connectivity index is 1.58. The first-order valence-electron chi connectivity index (χ1n) is 7.35. The molecule has 1 N–H and O–H groups in total. The zero-order chi connectivity index (χ0) is 12.8. The molecule has 4 heteroatoms. The summed E-state index contributed by atoms with van der Waals surface area (Å²) in [6, 6.07) is 0.105. The molecule has 1 nitrogen and oxygen atoms in total. The fourth-order valence-electron chi connectivity index (χ4n) is 4.03. The molecule has 3 unspecified atom stereocenters. The zero-order valence-electron chi connectivity index (χ0n) is 10.7. The van der Waals surface area contributed by atoms with Crippen LogP contribution in [0.25, 0.3) is 0 Å². The van der Waals surface area contributed by atoms with Gasteiger partial charge in [0.1, 0.15) is 5.54 Å². The maximum atomic E-state index is 12.9. The first kappa shape index (κ1) is 12.8. The first-order valence-corrected chi connectivity index (χ1v) is 7.35. The largest absolute Gasteiger partial charge is 0.406 e. The van der Waals surface area contributed by atoms with E-state index in [9.17, 15) is 13.2 Å². The van der Waals surface area contributed by atoms with Crippen LogP contribution in [-0.2, 0) is 0 Å². The van der Waals surface area contributed by atoms with Crippen molar-refractivity contribution in [3.8, 4) is 0 Å². The van der Waals surface area contributed by atoms with Crippen molar-refractivity contribution in [3.05, 3.63) is 0 Å². The second kappa shape index (κ2) is 4.39. The van der Waals surface area contributed by atoms with Gasteiger partial charge in [-0.15, -0.1) is 0 Å². The summed E-state index contributed by atoms with van der Waals surface area (Å²) < 4.78 is 38.8. The summed E-state index contributed by atoms with van der Waals surface area (Å²) in [7, 11) is 0. The molecule has 3 saturated carbocycles. The van der Waals surface area contributed by atoms with Gasteiger partial charge in [-0.2, -0.15) is 13.2 Å². The number of rotatable bonds is 2. The second-order valence-corrected chi connectivity index (χ2v) is 6.54. The van der Waals surface area contributed by atoms with Gasteiger partial charge in [0.2, 0.25) is 0 Å². The van der Waals surface area contributed by atoms with Crippen molar-refractivity contribution in [1.82, 2.24) is 5.32 Å². The van der Waals surface area contributed by atoms with Crippen molar-refractivity contribution in [2.75, 3.05) is 0 Å². The third kappa shape index (κ3) is 2.28. The summed E-state index contributed by atoms with van der Waals surface area (Å²) in [6.45, 7) is 0. The molecule has 0 spiro atoms. The highest BCUT2D eigenvalue weighted by Gasteiger charge is 2.63. The van der Waals surface area contributed by atoms with E-state index in [1.165, 1.54) is 25.7 Å². The van der Waals surface area contributed by atoms with E-state index in [2.05, 4.69) is 5.32 Å². The third-order valence-electron chi connectivity index (χ3n) is 5.31. The SMILES string of the molecule is FC(F)(F)C1(NC2CCC3CCCCC3C2)CC1. The summed E-state index contributed by atoms with van der Waals surface area (Å²) in [5, 5.41) is 2.95. The van der Waals surface area contributed by atoms with Crippen molar-refractivity contribution in [1.29, 1.82) is 0 Å². The lowest BCUT2D eigenvalue weighted by molar-refractivity contribution is -0.169. The predicted octanol–water partition coefficient (Wildman–Crippen LogP) is 4.03. The van der Waals surface area contributed by atoms with E-state index in [4.69, 9.17) is 0 Å². The molecule has 3 aliphatic carbocycles. The lowest BCUT2D eigenvalue weighted by Crippen LogP contribution is -2.51. The molecule has 18 heavy (non-hydrogen) atoms. The molecular weight excluding hydrogens is 239 g/mol. The minimum Gasteiger partial charge on any atom is -0.301 e. The number of hydrogen-bond donors (Lipinski definition) is 1. The Morgan fingerprint density at radius 3 is 2.17 bits per heavy atom. The van der Waals surface area contributed by atoms with E-state index in [1.807, 2.05) is 0 Å². The van der Waals surface area contributed by atoms with Crippen LogP contribution in [0.1, 0.15) is 57.8 Å². The quantitative estimate of drug-likeness (QED) is 0.791. The molecule has 3 fully saturated rings. The average molecular weight is 261 g/mol. The Morgan fingerprint density at radius 1 is 0.889 bits per heavy atom. The molecule has 0 aromatic heterocycles. The molecule has 0 aromatic carbocycles. The van der Waals surface area contributed by atoms with E-state index in [-0.39, 0.29) is 18.9 Å². The van der Waals surface area contributed by atoms with Crippen LogP contribution in [0.5, 0.6) is 0 Å². The average Bonchev–Trinajstić information content (AvgIpc) is 3.09. The second-order valence-electron chi connectivity index (χ2n) is 6.54. The van der Waals surface area contributed by atoms with Crippen molar-refractivity contribution in [2.24, 2.45) is 11.8 Å². The molecule has 0 radical (unpaired) electrons. The fraction of sp³-hybridized carbons (Fsp3) is 1.00. The van der Waals surface area contributed by atoms with Crippen LogP contribution in [0.3, 0.4) is 0 Å². The molecule has 3 rings (SSSR count).